The van der Waals surface area contributed by atoms with Crippen LogP contribution in [0.4, 0.5) is 8.78 Å². The number of amides is 1. The molecule has 1 N–H and O–H groups in total. The second-order valence-electron chi connectivity index (χ2n) is 9.65. The Morgan fingerprint density at radius 2 is 1.67 bits per heavy atom. The predicted octanol–water partition coefficient (Wildman–Crippen LogP) is 6.59. The maximum absolute atomic E-state index is 14.1. The van der Waals surface area contributed by atoms with Crippen LogP contribution < -0.4 is 5.32 Å². The topological polar surface area (TPSA) is 64.0 Å². The summed E-state index contributed by atoms with van der Waals surface area (Å²) in [6.07, 6.45) is 3.44. The number of fused-ring (bicyclic) bond motifs is 1. The number of carbonyl (C=O) groups excluding carboxylic acids is 2. The number of nitrogens with zero attached hydrogens (tertiary/aromatic N) is 2. The van der Waals surface area contributed by atoms with Crippen molar-refractivity contribution >= 4 is 22.6 Å². The largest absolute Gasteiger partial charge is 0.346 e. The van der Waals surface area contributed by atoms with Crippen LogP contribution in [0, 0.1) is 18.6 Å². The number of carbonyl (C=O) groups is 2. The van der Waals surface area contributed by atoms with E-state index in [0.29, 0.717) is 16.8 Å². The Balaban J connectivity index is 1.51. The summed E-state index contributed by atoms with van der Waals surface area (Å²) < 4.78 is 29.8. The van der Waals surface area contributed by atoms with Crippen LogP contribution >= 0.6 is 0 Å². The normalized spacial score (nSPS) is 11.9. The Bertz CT molecular complexity index is 1650. The van der Waals surface area contributed by atoms with Crippen LogP contribution in [0.5, 0.6) is 0 Å². The molecule has 2 heterocycles. The SMILES string of the molecule is CC(=O)c1cn(CC(=O)N[C@@H](Cc2cc(F)cc(F)c2)c2ncccc2-c2ccc(C)cc2)c2ccccc12. The van der Waals surface area contributed by atoms with E-state index in [1.165, 1.54) is 19.1 Å². The molecule has 196 valence electrons. The average molecular weight is 524 g/mol. The number of halogens is 2. The van der Waals surface area contributed by atoms with Crippen molar-refractivity contribution in [3.63, 3.8) is 0 Å². The fourth-order valence-electron chi connectivity index (χ4n) is 4.91. The van der Waals surface area contributed by atoms with Crippen molar-refractivity contribution in [2.75, 3.05) is 0 Å². The van der Waals surface area contributed by atoms with E-state index in [4.69, 9.17) is 0 Å². The second kappa shape index (κ2) is 11.0. The predicted molar refractivity (Wildman–Crippen MR) is 147 cm³/mol. The lowest BCUT2D eigenvalue weighted by atomic mass is 9.95. The monoisotopic (exact) mass is 523 g/mol. The van der Waals surface area contributed by atoms with E-state index in [0.717, 1.165) is 33.7 Å². The molecule has 5 aromatic rings. The van der Waals surface area contributed by atoms with Crippen molar-refractivity contribution < 1.29 is 18.4 Å². The number of hydrogen-bond donors (Lipinski definition) is 1. The van der Waals surface area contributed by atoms with Crippen LogP contribution in [0.15, 0.2) is 91.3 Å². The lowest BCUT2D eigenvalue weighted by molar-refractivity contribution is -0.122. The van der Waals surface area contributed by atoms with Crippen molar-refractivity contribution in [2.45, 2.75) is 32.9 Å². The van der Waals surface area contributed by atoms with E-state index < -0.39 is 17.7 Å². The lowest BCUT2D eigenvalue weighted by Gasteiger charge is -2.22. The van der Waals surface area contributed by atoms with E-state index in [9.17, 15) is 18.4 Å². The Kier molecular flexibility index (Phi) is 7.32. The zero-order valence-electron chi connectivity index (χ0n) is 21.6. The number of benzene rings is 3. The number of Topliss-reactive ketones (excluding diaryl/α,β-unsaturated/α-hetero) is 1. The third-order valence-corrected chi connectivity index (χ3v) is 6.71. The van der Waals surface area contributed by atoms with E-state index in [-0.39, 0.29) is 24.7 Å². The molecule has 0 saturated heterocycles. The third kappa shape index (κ3) is 5.77. The summed E-state index contributed by atoms with van der Waals surface area (Å²) in [5.74, 6) is -1.79. The summed E-state index contributed by atoms with van der Waals surface area (Å²) in [5, 5.41) is 3.82. The first-order valence-electron chi connectivity index (χ1n) is 12.6. The fourth-order valence-corrected chi connectivity index (χ4v) is 4.91. The van der Waals surface area contributed by atoms with Crippen LogP contribution in [0.2, 0.25) is 0 Å². The van der Waals surface area contributed by atoms with Crippen LogP contribution in [0.25, 0.3) is 22.0 Å². The van der Waals surface area contributed by atoms with Gasteiger partial charge in [-0.25, -0.2) is 8.78 Å². The van der Waals surface area contributed by atoms with Gasteiger partial charge in [-0.1, -0.05) is 54.1 Å². The molecule has 0 radical (unpaired) electrons. The minimum atomic E-state index is -0.689. The number of rotatable bonds is 8. The summed E-state index contributed by atoms with van der Waals surface area (Å²) in [4.78, 5) is 30.2. The number of pyridine rings is 1. The van der Waals surface area contributed by atoms with Gasteiger partial charge in [0.05, 0.1) is 11.7 Å². The quantitative estimate of drug-likeness (QED) is 0.233. The molecule has 3 aromatic carbocycles. The smallest absolute Gasteiger partial charge is 0.240 e. The Morgan fingerprint density at radius 3 is 2.38 bits per heavy atom. The van der Waals surface area contributed by atoms with E-state index >= 15 is 0 Å². The molecule has 5 rings (SSSR count). The molecule has 0 aliphatic heterocycles. The molecule has 0 fully saturated rings. The summed E-state index contributed by atoms with van der Waals surface area (Å²) in [6, 6.07) is 21.7. The van der Waals surface area contributed by atoms with Gasteiger partial charge in [-0.05, 0) is 55.7 Å². The van der Waals surface area contributed by atoms with Crippen molar-refractivity contribution in [1.82, 2.24) is 14.9 Å². The highest BCUT2D eigenvalue weighted by Crippen LogP contribution is 2.30. The molecule has 0 aliphatic carbocycles. The molecule has 5 nitrogen and oxygen atoms in total. The average Bonchev–Trinajstić information content (AvgIpc) is 3.27. The first-order chi connectivity index (χ1) is 18.8. The molecular weight excluding hydrogens is 496 g/mol. The van der Waals surface area contributed by atoms with Crippen molar-refractivity contribution in [3.8, 4) is 11.1 Å². The van der Waals surface area contributed by atoms with Gasteiger partial charge in [-0.3, -0.25) is 14.6 Å². The number of aryl methyl sites for hydroxylation is 1. The number of aromatic nitrogens is 2. The second-order valence-corrected chi connectivity index (χ2v) is 9.65. The van der Waals surface area contributed by atoms with Crippen LogP contribution in [0.1, 0.15) is 40.1 Å². The molecular formula is C32H27F2N3O2. The van der Waals surface area contributed by atoms with Gasteiger partial charge in [-0.2, -0.15) is 0 Å². The highest BCUT2D eigenvalue weighted by molar-refractivity contribution is 6.07. The van der Waals surface area contributed by atoms with E-state index in [1.54, 1.807) is 17.0 Å². The molecule has 7 heteroatoms. The Morgan fingerprint density at radius 1 is 0.949 bits per heavy atom. The maximum atomic E-state index is 14.1. The zero-order chi connectivity index (χ0) is 27.5. The molecule has 0 unspecified atom stereocenters. The zero-order valence-corrected chi connectivity index (χ0v) is 21.6. The highest BCUT2D eigenvalue weighted by Gasteiger charge is 2.22. The third-order valence-electron chi connectivity index (χ3n) is 6.71. The summed E-state index contributed by atoms with van der Waals surface area (Å²) in [5.41, 5.74) is 5.11. The minimum Gasteiger partial charge on any atom is -0.346 e. The van der Waals surface area contributed by atoms with Gasteiger partial charge in [0.15, 0.2) is 5.78 Å². The summed E-state index contributed by atoms with van der Waals surface area (Å²) in [6.45, 7) is 3.44. The molecule has 39 heavy (non-hydrogen) atoms. The molecule has 1 atom stereocenters. The van der Waals surface area contributed by atoms with Crippen LogP contribution in [-0.2, 0) is 17.8 Å². The molecule has 1 amide bonds. The Labute approximate surface area is 225 Å². The summed E-state index contributed by atoms with van der Waals surface area (Å²) >= 11 is 0. The number of ketones is 1. The molecule has 0 spiro atoms. The van der Waals surface area contributed by atoms with Crippen molar-refractivity contribution in [3.05, 3.63) is 125 Å². The van der Waals surface area contributed by atoms with Crippen LogP contribution in [-0.4, -0.2) is 21.2 Å². The van der Waals surface area contributed by atoms with Gasteiger partial charge < -0.3 is 9.88 Å². The van der Waals surface area contributed by atoms with E-state index in [1.807, 2.05) is 67.6 Å². The standard InChI is InChI=1S/C32H27F2N3O2/c1-20-9-11-23(12-10-20)26-7-5-13-35-32(26)29(16-22-14-24(33)17-25(34)15-22)36-31(39)19-37-18-28(21(2)38)27-6-3-4-8-30(27)37/h3-15,17-18,29H,16,19H2,1-2H3,(H,36,39)/t29-/m0/s1. The first kappa shape index (κ1) is 26.0. The van der Waals surface area contributed by atoms with Crippen molar-refractivity contribution in [1.29, 1.82) is 0 Å². The van der Waals surface area contributed by atoms with Gasteiger partial charge in [0.1, 0.15) is 18.2 Å². The number of hydrogen-bond acceptors (Lipinski definition) is 3. The van der Waals surface area contributed by atoms with E-state index in [2.05, 4.69) is 10.3 Å². The van der Waals surface area contributed by atoms with Gasteiger partial charge in [0.25, 0.3) is 0 Å². The first-order valence-corrected chi connectivity index (χ1v) is 12.6. The fraction of sp³-hybridized carbons (Fsp3) is 0.156. The number of para-hydroxylation sites is 1. The summed E-state index contributed by atoms with van der Waals surface area (Å²) in [7, 11) is 0. The molecule has 2 aromatic heterocycles. The Hall–Kier alpha value is -4.65. The minimum absolute atomic E-state index is 0.0471. The van der Waals surface area contributed by atoms with Crippen LogP contribution in [0.3, 0.4) is 0 Å². The number of nitrogens with one attached hydrogen (secondary N) is 1. The lowest BCUT2D eigenvalue weighted by Crippen LogP contribution is -2.33. The van der Waals surface area contributed by atoms with Gasteiger partial charge in [0.2, 0.25) is 5.91 Å². The molecule has 0 bridgehead atoms. The maximum Gasteiger partial charge on any atom is 0.240 e. The van der Waals surface area contributed by atoms with Crippen molar-refractivity contribution in [2.24, 2.45) is 0 Å². The highest BCUT2D eigenvalue weighted by atomic mass is 19.1. The molecule has 0 saturated carbocycles. The van der Waals surface area contributed by atoms with Gasteiger partial charge in [0, 0.05) is 40.5 Å². The van der Waals surface area contributed by atoms with Gasteiger partial charge >= 0.3 is 0 Å². The van der Waals surface area contributed by atoms with Gasteiger partial charge in [-0.15, -0.1) is 0 Å². The molecule has 0 aliphatic rings.